The highest BCUT2D eigenvalue weighted by atomic mass is 32.2. The number of benzene rings is 2. The first-order valence-electron chi connectivity index (χ1n) is 8.44. The summed E-state index contributed by atoms with van der Waals surface area (Å²) < 4.78 is 46.5. The van der Waals surface area contributed by atoms with E-state index in [-0.39, 0.29) is 10.9 Å². The van der Waals surface area contributed by atoms with E-state index in [2.05, 4.69) is 4.90 Å². The van der Waals surface area contributed by atoms with E-state index < -0.39 is 15.8 Å². The summed E-state index contributed by atoms with van der Waals surface area (Å²) in [6, 6.07) is 11.4. The molecule has 7 heteroatoms. The van der Waals surface area contributed by atoms with Crippen LogP contribution in [0, 0.1) is 12.7 Å². The van der Waals surface area contributed by atoms with Gasteiger partial charge in [-0.15, -0.1) is 0 Å². The van der Waals surface area contributed by atoms with Gasteiger partial charge in [0.1, 0.15) is 11.6 Å². The number of likely N-dealkylation sites (N-methyl/N-ethyl adjacent to an activating group) is 1. The van der Waals surface area contributed by atoms with Gasteiger partial charge in [-0.3, -0.25) is 4.90 Å². The zero-order valence-electron chi connectivity index (χ0n) is 15.1. The van der Waals surface area contributed by atoms with Gasteiger partial charge in [0.2, 0.25) is 10.0 Å². The topological polar surface area (TPSA) is 49.9 Å². The van der Waals surface area contributed by atoms with Crippen LogP contribution >= 0.6 is 0 Å². The Morgan fingerprint density at radius 2 is 1.88 bits per heavy atom. The van der Waals surface area contributed by atoms with E-state index in [4.69, 9.17) is 4.74 Å². The molecule has 0 aromatic heterocycles. The molecule has 0 radical (unpaired) electrons. The fourth-order valence-corrected chi connectivity index (χ4v) is 4.79. The van der Waals surface area contributed by atoms with Gasteiger partial charge in [-0.2, -0.15) is 4.31 Å². The van der Waals surface area contributed by atoms with Crippen molar-refractivity contribution >= 4 is 10.0 Å². The van der Waals surface area contributed by atoms with Gasteiger partial charge < -0.3 is 4.74 Å². The van der Waals surface area contributed by atoms with Gasteiger partial charge in [0.25, 0.3) is 0 Å². The average Bonchev–Trinajstić information content (AvgIpc) is 2.64. The number of hydrogen-bond donors (Lipinski definition) is 0. The Bertz CT molecular complexity index is 901. The number of methoxy groups -OCH3 is 1. The van der Waals surface area contributed by atoms with E-state index in [1.165, 1.54) is 22.5 Å². The molecule has 26 heavy (non-hydrogen) atoms. The van der Waals surface area contributed by atoms with Crippen LogP contribution in [0.3, 0.4) is 0 Å². The van der Waals surface area contributed by atoms with Crippen LogP contribution < -0.4 is 4.74 Å². The van der Waals surface area contributed by atoms with Crippen LogP contribution in [0.5, 0.6) is 5.75 Å². The molecular formula is C19H23FN2O3S. The molecule has 2 aromatic carbocycles. The molecule has 1 saturated heterocycles. The van der Waals surface area contributed by atoms with Gasteiger partial charge in [-0.25, -0.2) is 12.8 Å². The van der Waals surface area contributed by atoms with Crippen molar-refractivity contribution in [2.24, 2.45) is 0 Å². The van der Waals surface area contributed by atoms with Crippen molar-refractivity contribution in [3.8, 4) is 5.75 Å². The molecule has 0 N–H and O–H groups in total. The summed E-state index contributed by atoms with van der Waals surface area (Å²) >= 11 is 0. The number of rotatable bonds is 4. The maximum absolute atomic E-state index is 13.5. The zero-order chi connectivity index (χ0) is 18.9. The normalized spacial score (nSPS) is 19.5. The average molecular weight is 378 g/mol. The monoisotopic (exact) mass is 378 g/mol. The van der Waals surface area contributed by atoms with E-state index in [0.717, 1.165) is 11.3 Å². The molecule has 0 saturated carbocycles. The molecular weight excluding hydrogens is 355 g/mol. The Morgan fingerprint density at radius 3 is 2.58 bits per heavy atom. The molecule has 1 fully saturated rings. The molecule has 0 aliphatic carbocycles. The standard InChI is InChI=1S/C19H23FN2O3S/c1-14-12-15(8-9-17(14)20)26(23,24)22-11-10-21(2)18(13-22)16-6-4-5-7-19(16)25-3/h4-9,12,18H,10-11,13H2,1-3H3. The summed E-state index contributed by atoms with van der Waals surface area (Å²) in [6.45, 7) is 2.87. The highest BCUT2D eigenvalue weighted by Crippen LogP contribution is 2.33. The van der Waals surface area contributed by atoms with E-state index in [0.29, 0.717) is 25.2 Å². The number of nitrogens with zero attached hydrogens (tertiary/aromatic N) is 2. The number of para-hydroxylation sites is 1. The van der Waals surface area contributed by atoms with Crippen molar-refractivity contribution in [1.29, 1.82) is 0 Å². The van der Waals surface area contributed by atoms with Crippen molar-refractivity contribution in [1.82, 2.24) is 9.21 Å². The molecule has 5 nitrogen and oxygen atoms in total. The molecule has 3 rings (SSSR count). The molecule has 1 aliphatic heterocycles. The maximum Gasteiger partial charge on any atom is 0.243 e. The van der Waals surface area contributed by atoms with Crippen molar-refractivity contribution in [3.05, 3.63) is 59.4 Å². The molecule has 1 aliphatic rings. The highest BCUT2D eigenvalue weighted by molar-refractivity contribution is 7.89. The van der Waals surface area contributed by atoms with E-state index >= 15 is 0 Å². The molecule has 0 amide bonds. The molecule has 2 aromatic rings. The van der Waals surface area contributed by atoms with Crippen LogP contribution in [0.15, 0.2) is 47.4 Å². The van der Waals surface area contributed by atoms with Crippen LogP contribution in [0.1, 0.15) is 17.2 Å². The third-order valence-corrected chi connectivity index (χ3v) is 6.74. The van der Waals surface area contributed by atoms with E-state index in [1.54, 1.807) is 14.0 Å². The lowest BCUT2D eigenvalue weighted by atomic mass is 10.0. The second-order valence-electron chi connectivity index (χ2n) is 6.51. The van der Waals surface area contributed by atoms with E-state index in [1.807, 2.05) is 31.3 Å². The van der Waals surface area contributed by atoms with Gasteiger partial charge in [-0.1, -0.05) is 18.2 Å². The Balaban J connectivity index is 1.93. The molecule has 1 unspecified atom stereocenters. The minimum absolute atomic E-state index is 0.115. The first kappa shape index (κ1) is 18.8. The van der Waals surface area contributed by atoms with Gasteiger partial charge in [0, 0.05) is 25.2 Å². The maximum atomic E-state index is 13.5. The minimum atomic E-state index is -3.69. The number of halogens is 1. The van der Waals surface area contributed by atoms with Gasteiger partial charge in [0.05, 0.1) is 18.0 Å². The number of ether oxygens (including phenoxy) is 1. The summed E-state index contributed by atoms with van der Waals surface area (Å²) in [7, 11) is -0.102. The second-order valence-corrected chi connectivity index (χ2v) is 8.45. The fourth-order valence-electron chi connectivity index (χ4n) is 3.27. The summed E-state index contributed by atoms with van der Waals surface area (Å²) in [5.74, 6) is 0.329. The fraction of sp³-hybridized carbons (Fsp3) is 0.368. The van der Waals surface area contributed by atoms with Gasteiger partial charge >= 0.3 is 0 Å². The molecule has 0 spiro atoms. The largest absolute Gasteiger partial charge is 0.496 e. The number of hydrogen-bond acceptors (Lipinski definition) is 4. The Kier molecular flexibility index (Phi) is 5.32. The van der Waals surface area contributed by atoms with Crippen LogP contribution in [0.25, 0.3) is 0 Å². The predicted octanol–water partition coefficient (Wildman–Crippen LogP) is 2.82. The van der Waals surface area contributed by atoms with Crippen LogP contribution in [0.2, 0.25) is 0 Å². The summed E-state index contributed by atoms with van der Waals surface area (Å²) in [4.78, 5) is 2.25. The predicted molar refractivity (Wildman–Crippen MR) is 98.3 cm³/mol. The minimum Gasteiger partial charge on any atom is -0.496 e. The summed E-state index contributed by atoms with van der Waals surface area (Å²) in [5, 5.41) is 0. The number of aryl methyl sites for hydroxylation is 1. The Hall–Kier alpha value is -1.96. The first-order valence-corrected chi connectivity index (χ1v) is 9.88. The molecule has 0 bridgehead atoms. The first-order chi connectivity index (χ1) is 12.3. The third-order valence-electron chi connectivity index (χ3n) is 4.88. The van der Waals surface area contributed by atoms with Gasteiger partial charge in [-0.05, 0) is 43.8 Å². The van der Waals surface area contributed by atoms with Crippen molar-refractivity contribution in [2.75, 3.05) is 33.8 Å². The lowest BCUT2D eigenvalue weighted by Crippen LogP contribution is -2.48. The lowest BCUT2D eigenvalue weighted by molar-refractivity contribution is 0.146. The Morgan fingerprint density at radius 1 is 1.15 bits per heavy atom. The van der Waals surface area contributed by atoms with Crippen molar-refractivity contribution < 1.29 is 17.5 Å². The molecule has 140 valence electrons. The molecule has 1 atom stereocenters. The van der Waals surface area contributed by atoms with Crippen LogP contribution in [-0.4, -0.2) is 51.4 Å². The molecule has 1 heterocycles. The van der Waals surface area contributed by atoms with Crippen LogP contribution in [-0.2, 0) is 10.0 Å². The highest BCUT2D eigenvalue weighted by Gasteiger charge is 2.34. The zero-order valence-corrected chi connectivity index (χ0v) is 16.0. The summed E-state index contributed by atoms with van der Waals surface area (Å²) in [5.41, 5.74) is 1.27. The smallest absolute Gasteiger partial charge is 0.243 e. The quantitative estimate of drug-likeness (QED) is 0.821. The lowest BCUT2D eigenvalue weighted by Gasteiger charge is -2.39. The SMILES string of the molecule is COc1ccccc1C1CN(S(=O)(=O)c2ccc(F)c(C)c2)CCN1C. The van der Waals surface area contributed by atoms with Crippen LogP contribution in [0.4, 0.5) is 4.39 Å². The van der Waals surface area contributed by atoms with Gasteiger partial charge in [0.15, 0.2) is 0 Å². The third kappa shape index (κ3) is 3.47. The Labute approximate surface area is 154 Å². The number of sulfonamides is 1. The van der Waals surface area contributed by atoms with Crippen molar-refractivity contribution in [2.45, 2.75) is 17.9 Å². The number of piperazine rings is 1. The van der Waals surface area contributed by atoms with Crippen molar-refractivity contribution in [3.63, 3.8) is 0 Å². The summed E-state index contributed by atoms with van der Waals surface area (Å²) in [6.07, 6.45) is 0. The van der Waals surface area contributed by atoms with E-state index in [9.17, 15) is 12.8 Å². The second kappa shape index (κ2) is 7.34.